The maximum Gasteiger partial charge on any atom is 0.0410 e. The van der Waals surface area contributed by atoms with Gasteiger partial charge in [0.2, 0.25) is 0 Å². The second kappa shape index (κ2) is 7.17. The lowest BCUT2D eigenvalue weighted by Gasteiger charge is -2.17. The molecular weight excluding hydrogens is 320 g/mol. The molecule has 0 aliphatic carbocycles. The van der Waals surface area contributed by atoms with Crippen LogP contribution in [0.1, 0.15) is 35.2 Å². The number of hydrogen-bond acceptors (Lipinski definition) is 3. The van der Waals surface area contributed by atoms with Crippen molar-refractivity contribution in [3.8, 4) is 0 Å². The van der Waals surface area contributed by atoms with Gasteiger partial charge in [0.15, 0.2) is 0 Å². The Balaban J connectivity index is 2.15. The van der Waals surface area contributed by atoms with E-state index >= 15 is 0 Å². The third kappa shape index (κ3) is 4.13. The van der Waals surface area contributed by atoms with Crippen LogP contribution in [0.3, 0.4) is 0 Å². The Labute approximate surface area is 127 Å². The smallest absolute Gasteiger partial charge is 0.0410 e. The van der Waals surface area contributed by atoms with Crippen LogP contribution in [0.25, 0.3) is 0 Å². The van der Waals surface area contributed by atoms with E-state index in [1.165, 1.54) is 15.3 Å². The van der Waals surface area contributed by atoms with Gasteiger partial charge in [-0.15, -0.1) is 11.3 Å². The number of nitrogens with zero attached hydrogens (tertiary/aromatic N) is 1. The summed E-state index contributed by atoms with van der Waals surface area (Å²) in [5, 5.41) is 3.55. The summed E-state index contributed by atoms with van der Waals surface area (Å²) in [5.41, 5.74) is 1.24. The third-order valence-corrected chi connectivity index (χ3v) is 4.74. The summed E-state index contributed by atoms with van der Waals surface area (Å²) in [6, 6.07) is 6.97. The Kier molecular flexibility index (Phi) is 5.55. The fourth-order valence-electron chi connectivity index (χ4n) is 2.10. The standard InChI is InChI=1S/C15H19BrN2S/c1-3-13-5-6-14(19-13)8-15(18-4-2)11-7-12(16)10-17-9-11/h5-7,9-10,15,18H,3-4,8H2,1-2H3. The van der Waals surface area contributed by atoms with Crippen LogP contribution in [-0.4, -0.2) is 11.5 Å². The Bertz CT molecular complexity index is 524. The topological polar surface area (TPSA) is 24.9 Å². The molecule has 0 saturated carbocycles. The summed E-state index contributed by atoms with van der Waals surface area (Å²) >= 11 is 5.41. The molecule has 1 atom stereocenters. The highest BCUT2D eigenvalue weighted by molar-refractivity contribution is 9.10. The van der Waals surface area contributed by atoms with E-state index in [2.05, 4.69) is 58.3 Å². The number of nitrogens with one attached hydrogen (secondary N) is 1. The van der Waals surface area contributed by atoms with Gasteiger partial charge in [-0.25, -0.2) is 0 Å². The van der Waals surface area contributed by atoms with Gasteiger partial charge in [0.1, 0.15) is 0 Å². The molecule has 0 aliphatic heterocycles. The van der Waals surface area contributed by atoms with Gasteiger partial charge in [-0.2, -0.15) is 0 Å². The molecule has 0 bridgehead atoms. The lowest BCUT2D eigenvalue weighted by molar-refractivity contribution is 0.551. The van der Waals surface area contributed by atoms with Crippen LogP contribution in [0.4, 0.5) is 0 Å². The van der Waals surface area contributed by atoms with Crippen molar-refractivity contribution >= 4 is 27.3 Å². The minimum absolute atomic E-state index is 0.332. The van der Waals surface area contributed by atoms with Gasteiger partial charge in [-0.05, 0) is 52.7 Å². The van der Waals surface area contributed by atoms with E-state index in [9.17, 15) is 0 Å². The van der Waals surface area contributed by atoms with Gasteiger partial charge >= 0.3 is 0 Å². The van der Waals surface area contributed by atoms with Crippen LogP contribution in [-0.2, 0) is 12.8 Å². The van der Waals surface area contributed by atoms with Crippen LogP contribution in [0.2, 0.25) is 0 Å². The molecule has 1 N–H and O–H groups in total. The van der Waals surface area contributed by atoms with E-state index in [-0.39, 0.29) is 0 Å². The normalized spacial score (nSPS) is 12.6. The second-order valence-corrected chi connectivity index (χ2v) is 6.64. The zero-order valence-electron chi connectivity index (χ0n) is 11.3. The summed E-state index contributed by atoms with van der Waals surface area (Å²) in [6.45, 7) is 5.31. The quantitative estimate of drug-likeness (QED) is 0.846. The fraction of sp³-hybridized carbons (Fsp3) is 0.400. The number of pyridine rings is 1. The molecule has 2 nitrogen and oxygen atoms in total. The molecule has 19 heavy (non-hydrogen) atoms. The zero-order chi connectivity index (χ0) is 13.7. The molecule has 4 heteroatoms. The first kappa shape index (κ1) is 14.7. The van der Waals surface area contributed by atoms with E-state index < -0.39 is 0 Å². The maximum atomic E-state index is 4.27. The molecule has 0 radical (unpaired) electrons. The predicted octanol–water partition coefficient (Wildman–Crippen LogP) is 4.36. The number of halogens is 1. The van der Waals surface area contributed by atoms with E-state index in [1.54, 1.807) is 0 Å². The van der Waals surface area contributed by atoms with Crippen LogP contribution >= 0.6 is 27.3 Å². The monoisotopic (exact) mass is 338 g/mol. The van der Waals surface area contributed by atoms with Gasteiger partial charge in [0.25, 0.3) is 0 Å². The average molecular weight is 339 g/mol. The molecule has 0 aromatic carbocycles. The van der Waals surface area contributed by atoms with E-state index in [4.69, 9.17) is 0 Å². The number of likely N-dealkylation sites (N-methyl/N-ethyl adjacent to an activating group) is 1. The molecule has 2 rings (SSSR count). The van der Waals surface area contributed by atoms with Crippen molar-refractivity contribution in [1.29, 1.82) is 0 Å². The van der Waals surface area contributed by atoms with Crippen LogP contribution in [0.15, 0.2) is 35.1 Å². The molecule has 0 saturated heterocycles. The largest absolute Gasteiger partial charge is 0.310 e. The third-order valence-electron chi connectivity index (χ3n) is 3.05. The SMILES string of the molecule is CCNC(Cc1ccc(CC)s1)c1cncc(Br)c1. The number of thiophene rings is 1. The lowest BCUT2D eigenvalue weighted by Crippen LogP contribution is -2.22. The minimum atomic E-state index is 0.332. The number of aryl methyl sites for hydroxylation is 1. The molecule has 2 aromatic heterocycles. The lowest BCUT2D eigenvalue weighted by atomic mass is 10.1. The van der Waals surface area contributed by atoms with Crippen molar-refractivity contribution in [3.05, 3.63) is 50.4 Å². The Morgan fingerprint density at radius 2 is 2.05 bits per heavy atom. The maximum absolute atomic E-state index is 4.27. The summed E-state index contributed by atoms with van der Waals surface area (Å²) < 4.78 is 1.04. The van der Waals surface area contributed by atoms with Crippen LogP contribution in [0, 0.1) is 0 Å². The predicted molar refractivity (Wildman–Crippen MR) is 85.8 cm³/mol. The molecule has 102 valence electrons. The number of hydrogen-bond donors (Lipinski definition) is 1. The molecule has 1 unspecified atom stereocenters. The van der Waals surface area contributed by atoms with Crippen molar-refractivity contribution < 1.29 is 0 Å². The molecule has 0 fully saturated rings. The summed E-state index contributed by atoms with van der Waals surface area (Å²) in [6.07, 6.45) is 5.92. The number of rotatable bonds is 6. The van der Waals surface area contributed by atoms with Crippen molar-refractivity contribution in [1.82, 2.24) is 10.3 Å². The first-order valence-corrected chi connectivity index (χ1v) is 8.25. The van der Waals surface area contributed by atoms with E-state index in [1.807, 2.05) is 23.7 Å². The van der Waals surface area contributed by atoms with E-state index in [0.717, 1.165) is 23.9 Å². The molecule has 0 spiro atoms. The van der Waals surface area contributed by atoms with Crippen molar-refractivity contribution in [2.24, 2.45) is 0 Å². The van der Waals surface area contributed by atoms with Gasteiger partial charge < -0.3 is 5.32 Å². The van der Waals surface area contributed by atoms with E-state index in [0.29, 0.717) is 6.04 Å². The van der Waals surface area contributed by atoms with Gasteiger partial charge in [-0.3, -0.25) is 4.98 Å². The fourth-order valence-corrected chi connectivity index (χ4v) is 3.48. The van der Waals surface area contributed by atoms with Gasteiger partial charge in [0, 0.05) is 39.1 Å². The first-order chi connectivity index (χ1) is 9.22. The van der Waals surface area contributed by atoms with Crippen LogP contribution in [0.5, 0.6) is 0 Å². The molecule has 0 amide bonds. The van der Waals surface area contributed by atoms with Crippen molar-refractivity contribution in [2.75, 3.05) is 6.54 Å². The van der Waals surface area contributed by atoms with Crippen molar-refractivity contribution in [3.63, 3.8) is 0 Å². The highest BCUT2D eigenvalue weighted by Crippen LogP contribution is 2.25. The highest BCUT2D eigenvalue weighted by atomic mass is 79.9. The van der Waals surface area contributed by atoms with Gasteiger partial charge in [-0.1, -0.05) is 13.8 Å². The summed E-state index contributed by atoms with van der Waals surface area (Å²) in [5.74, 6) is 0. The molecular formula is C15H19BrN2S. The minimum Gasteiger partial charge on any atom is -0.310 e. The van der Waals surface area contributed by atoms with Crippen LogP contribution < -0.4 is 5.32 Å². The summed E-state index contributed by atoms with van der Waals surface area (Å²) in [7, 11) is 0. The zero-order valence-corrected chi connectivity index (χ0v) is 13.7. The molecule has 2 heterocycles. The molecule has 2 aromatic rings. The Hall–Kier alpha value is -0.710. The average Bonchev–Trinajstić information content (AvgIpc) is 2.86. The summed E-state index contributed by atoms with van der Waals surface area (Å²) in [4.78, 5) is 7.16. The first-order valence-electron chi connectivity index (χ1n) is 6.64. The highest BCUT2D eigenvalue weighted by Gasteiger charge is 2.13. The molecule has 0 aliphatic rings. The number of aromatic nitrogens is 1. The van der Waals surface area contributed by atoms with Gasteiger partial charge in [0.05, 0.1) is 0 Å². The van der Waals surface area contributed by atoms with Crippen molar-refractivity contribution in [2.45, 2.75) is 32.7 Å². The Morgan fingerprint density at radius 1 is 1.26 bits per heavy atom. The Morgan fingerprint density at radius 3 is 2.68 bits per heavy atom. The second-order valence-electron chi connectivity index (χ2n) is 4.47.